The second kappa shape index (κ2) is 15.1. The summed E-state index contributed by atoms with van der Waals surface area (Å²) in [4.78, 5) is 71.1. The molecule has 0 fully saturated rings. The first-order valence-electron chi connectivity index (χ1n) is 10.3. The maximum Gasteiger partial charge on any atom is 0.326 e. The average molecular weight is 492 g/mol. The van der Waals surface area contributed by atoms with E-state index in [0.29, 0.717) is 6.42 Å². The summed E-state index contributed by atoms with van der Waals surface area (Å²) in [6.07, 6.45) is -0.795. The molecule has 14 heteroatoms. The maximum atomic E-state index is 12.8. The third kappa shape index (κ3) is 11.5. The van der Waals surface area contributed by atoms with Gasteiger partial charge in [0.2, 0.25) is 23.6 Å². The molecule has 0 heterocycles. The molecule has 0 bridgehead atoms. The van der Waals surface area contributed by atoms with E-state index in [1.54, 1.807) is 13.8 Å². The second-order valence-electron chi connectivity index (χ2n) is 7.56. The van der Waals surface area contributed by atoms with Gasteiger partial charge in [0.15, 0.2) is 0 Å². The molecule has 0 aromatic carbocycles. The van der Waals surface area contributed by atoms with Crippen molar-refractivity contribution in [1.29, 1.82) is 0 Å². The highest BCUT2D eigenvalue weighted by Gasteiger charge is 2.32. The van der Waals surface area contributed by atoms with E-state index < -0.39 is 72.1 Å². The monoisotopic (exact) mass is 491 g/mol. The summed E-state index contributed by atoms with van der Waals surface area (Å²) in [7, 11) is 0. The Labute approximate surface area is 196 Å². The molecular weight excluding hydrogens is 458 g/mol. The fourth-order valence-electron chi connectivity index (χ4n) is 2.66. The zero-order valence-corrected chi connectivity index (χ0v) is 19.5. The molecule has 33 heavy (non-hydrogen) atoms. The number of carbonyl (C=O) groups is 6. The highest BCUT2D eigenvalue weighted by Crippen LogP contribution is 2.11. The Morgan fingerprint density at radius 2 is 1.42 bits per heavy atom. The summed E-state index contributed by atoms with van der Waals surface area (Å²) in [5, 5.41) is 25.3. The van der Waals surface area contributed by atoms with Crippen LogP contribution in [0.1, 0.15) is 46.0 Å². The van der Waals surface area contributed by atoms with Crippen molar-refractivity contribution in [3.8, 4) is 0 Å². The summed E-state index contributed by atoms with van der Waals surface area (Å²) in [6, 6.07) is -4.95. The molecule has 5 unspecified atom stereocenters. The van der Waals surface area contributed by atoms with E-state index in [1.807, 2.05) is 0 Å². The van der Waals surface area contributed by atoms with Gasteiger partial charge < -0.3 is 37.6 Å². The molecule has 0 aliphatic carbocycles. The number of aliphatic carboxylic acids is 2. The fourth-order valence-corrected chi connectivity index (χ4v) is 2.83. The molecule has 13 nitrogen and oxygen atoms in total. The Morgan fingerprint density at radius 1 is 0.879 bits per heavy atom. The van der Waals surface area contributed by atoms with Crippen LogP contribution >= 0.6 is 12.6 Å². The highest BCUT2D eigenvalue weighted by atomic mass is 32.1. The molecule has 0 saturated heterocycles. The minimum absolute atomic E-state index is 0.0150. The molecule has 0 aliphatic rings. The van der Waals surface area contributed by atoms with Crippen LogP contribution in [-0.4, -0.2) is 75.7 Å². The van der Waals surface area contributed by atoms with E-state index in [1.165, 1.54) is 0 Å². The number of rotatable bonds is 16. The first kappa shape index (κ1) is 30.1. The standard InChI is InChI=1S/C19H33N5O8S/c1-3-9(2)15(18(30)23-12(19(31)32)4-6-13(21)25)24-17(29)11(5-7-14(26)27)22-16(28)10(20)8-33/h9-12,15,33H,3-8,20H2,1-2H3,(H2,21,25)(H,22,28)(H,23,30)(H,24,29)(H,26,27)(H,31,32). The lowest BCUT2D eigenvalue weighted by Gasteiger charge is -2.28. The van der Waals surface area contributed by atoms with E-state index in [-0.39, 0.29) is 25.0 Å². The van der Waals surface area contributed by atoms with E-state index in [9.17, 15) is 33.9 Å². The van der Waals surface area contributed by atoms with Gasteiger partial charge in [0.1, 0.15) is 18.1 Å². The SMILES string of the molecule is CCC(C)C(NC(=O)C(CCC(=O)O)NC(=O)C(N)CS)C(=O)NC(CCC(N)=O)C(=O)O. The number of thiol groups is 1. The van der Waals surface area contributed by atoms with E-state index >= 15 is 0 Å². The van der Waals surface area contributed by atoms with Crippen LogP contribution in [0, 0.1) is 5.92 Å². The number of carbonyl (C=O) groups excluding carboxylic acids is 4. The van der Waals surface area contributed by atoms with Crippen molar-refractivity contribution < 1.29 is 39.0 Å². The molecule has 188 valence electrons. The number of carboxylic acid groups (broad SMARTS) is 2. The lowest BCUT2D eigenvalue weighted by molar-refractivity contribution is -0.143. The predicted molar refractivity (Wildman–Crippen MR) is 120 cm³/mol. The van der Waals surface area contributed by atoms with Crippen molar-refractivity contribution in [3.63, 3.8) is 0 Å². The highest BCUT2D eigenvalue weighted by molar-refractivity contribution is 7.80. The van der Waals surface area contributed by atoms with Gasteiger partial charge in [-0.05, 0) is 18.8 Å². The number of hydrogen-bond acceptors (Lipinski definition) is 8. The van der Waals surface area contributed by atoms with Crippen molar-refractivity contribution in [2.75, 3.05) is 5.75 Å². The molecule has 0 rings (SSSR count). The van der Waals surface area contributed by atoms with Gasteiger partial charge in [-0.1, -0.05) is 20.3 Å². The lowest BCUT2D eigenvalue weighted by Crippen LogP contribution is -2.58. The van der Waals surface area contributed by atoms with Crippen LogP contribution in [0.15, 0.2) is 0 Å². The Morgan fingerprint density at radius 3 is 1.88 bits per heavy atom. The van der Waals surface area contributed by atoms with E-state index in [0.717, 1.165) is 0 Å². The van der Waals surface area contributed by atoms with Crippen molar-refractivity contribution in [1.82, 2.24) is 16.0 Å². The number of nitrogens with one attached hydrogen (secondary N) is 3. The number of nitrogens with two attached hydrogens (primary N) is 2. The molecule has 0 spiro atoms. The van der Waals surface area contributed by atoms with Crippen LogP contribution in [0.3, 0.4) is 0 Å². The smallest absolute Gasteiger partial charge is 0.326 e. The van der Waals surface area contributed by atoms with Crippen LogP contribution in [-0.2, 0) is 28.8 Å². The molecule has 0 aliphatic heterocycles. The number of primary amides is 1. The first-order chi connectivity index (χ1) is 15.3. The van der Waals surface area contributed by atoms with Crippen LogP contribution in [0.2, 0.25) is 0 Å². The average Bonchev–Trinajstić information content (AvgIpc) is 2.75. The van der Waals surface area contributed by atoms with Gasteiger partial charge in [0.05, 0.1) is 6.04 Å². The molecule has 0 aromatic rings. The summed E-state index contributed by atoms with van der Waals surface area (Å²) in [5.41, 5.74) is 10.6. The fraction of sp³-hybridized carbons (Fsp3) is 0.684. The quantitative estimate of drug-likeness (QED) is 0.111. The third-order valence-electron chi connectivity index (χ3n) is 4.90. The first-order valence-corrected chi connectivity index (χ1v) is 11.0. The number of amides is 4. The number of hydrogen-bond donors (Lipinski definition) is 8. The molecule has 0 aromatic heterocycles. The summed E-state index contributed by atoms with van der Waals surface area (Å²) < 4.78 is 0. The van der Waals surface area contributed by atoms with Gasteiger partial charge >= 0.3 is 11.9 Å². The molecule has 0 radical (unpaired) electrons. The summed E-state index contributed by atoms with van der Waals surface area (Å²) in [5.74, 6) is -6.16. The van der Waals surface area contributed by atoms with Crippen LogP contribution in [0.5, 0.6) is 0 Å². The maximum absolute atomic E-state index is 12.8. The van der Waals surface area contributed by atoms with Crippen molar-refractivity contribution in [2.45, 2.75) is 70.1 Å². The number of carboxylic acids is 2. The Balaban J connectivity index is 5.57. The third-order valence-corrected chi connectivity index (χ3v) is 5.29. The Hall–Kier alpha value is -2.87. The van der Waals surface area contributed by atoms with Crippen molar-refractivity contribution >= 4 is 48.2 Å². The van der Waals surface area contributed by atoms with E-state index in [2.05, 4.69) is 28.6 Å². The minimum atomic E-state index is -1.41. The molecule has 0 saturated carbocycles. The zero-order chi connectivity index (χ0) is 25.7. The molecule has 4 amide bonds. The van der Waals surface area contributed by atoms with Gasteiger partial charge in [0, 0.05) is 18.6 Å². The van der Waals surface area contributed by atoms with Gasteiger partial charge in [0.25, 0.3) is 0 Å². The Bertz CT molecular complexity index is 735. The zero-order valence-electron chi connectivity index (χ0n) is 18.6. The predicted octanol–water partition coefficient (Wildman–Crippen LogP) is -2.04. The van der Waals surface area contributed by atoms with Crippen LogP contribution in [0.4, 0.5) is 0 Å². The Kier molecular flexibility index (Phi) is 13.7. The molecular formula is C19H33N5O8S. The van der Waals surface area contributed by atoms with Gasteiger partial charge in [-0.3, -0.25) is 24.0 Å². The van der Waals surface area contributed by atoms with Gasteiger partial charge in [-0.25, -0.2) is 4.79 Å². The normalized spacial score (nSPS) is 15.3. The molecule has 9 N–H and O–H groups in total. The summed E-state index contributed by atoms with van der Waals surface area (Å²) in [6.45, 7) is 3.39. The van der Waals surface area contributed by atoms with Gasteiger partial charge in [-0.15, -0.1) is 0 Å². The second-order valence-corrected chi connectivity index (χ2v) is 7.92. The summed E-state index contributed by atoms with van der Waals surface area (Å²) >= 11 is 3.90. The topological polar surface area (TPSA) is 231 Å². The van der Waals surface area contributed by atoms with Crippen LogP contribution < -0.4 is 27.4 Å². The van der Waals surface area contributed by atoms with Gasteiger partial charge in [-0.2, -0.15) is 12.6 Å². The van der Waals surface area contributed by atoms with E-state index in [4.69, 9.17) is 16.6 Å². The van der Waals surface area contributed by atoms with Crippen molar-refractivity contribution in [2.24, 2.45) is 17.4 Å². The molecule has 5 atom stereocenters. The van der Waals surface area contributed by atoms with Crippen molar-refractivity contribution in [3.05, 3.63) is 0 Å². The largest absolute Gasteiger partial charge is 0.481 e. The minimum Gasteiger partial charge on any atom is -0.481 e. The van der Waals surface area contributed by atoms with Crippen LogP contribution in [0.25, 0.3) is 0 Å². The lowest BCUT2D eigenvalue weighted by atomic mass is 9.96.